The van der Waals surface area contributed by atoms with Gasteiger partial charge in [0.15, 0.2) is 24.2 Å². The van der Waals surface area contributed by atoms with Crippen molar-refractivity contribution in [3.8, 4) is 57.1 Å². The normalized spacial score (nSPS) is 11.7. The molecular formula is C55H42N4O8. The summed E-state index contributed by atoms with van der Waals surface area (Å²) in [6.07, 6.45) is 6.86. The van der Waals surface area contributed by atoms with Crippen LogP contribution >= 0.6 is 0 Å². The molecule has 0 saturated heterocycles. The van der Waals surface area contributed by atoms with Crippen molar-refractivity contribution in [3.05, 3.63) is 182 Å². The van der Waals surface area contributed by atoms with Crippen molar-refractivity contribution in [3.63, 3.8) is 0 Å². The standard InChI is InChI=1S/C31H24N2O4.C24H18N2O4/c1-33-19-26(25-9-5-6-10-27(25)33)30-32-18-29(37-30)23-12-11-22-17-24(14-13-21(22)16-23)36-28(31(34)35)15-20-7-3-2-4-8-20;1-26-13-20(19-4-2-3-5-21(19)26)24-25-12-22(30-24)17-7-6-16-11-18(29-14-23(27)28)9-8-15(16)10-17/h2-14,16-19,28H,15H2,1H3,(H,34,35);2-13H,14H2,1H3,(H,27,28). The zero-order chi connectivity index (χ0) is 46.0. The molecule has 0 amide bonds. The van der Waals surface area contributed by atoms with Gasteiger partial charge in [0.2, 0.25) is 11.8 Å². The Hall–Kier alpha value is -8.90. The average Bonchev–Trinajstić information content (AvgIpc) is 4.17. The zero-order valence-electron chi connectivity index (χ0n) is 36.4. The molecule has 0 fully saturated rings. The third-order valence-electron chi connectivity index (χ3n) is 11.6. The van der Waals surface area contributed by atoms with Gasteiger partial charge in [0.05, 0.1) is 23.5 Å². The fraction of sp³-hybridized carbons (Fsp3) is 0.0909. The number of fused-ring (bicyclic) bond motifs is 4. The Morgan fingerprint density at radius 2 is 1.06 bits per heavy atom. The molecule has 0 aliphatic carbocycles. The fourth-order valence-electron chi connectivity index (χ4n) is 8.32. The third-order valence-corrected chi connectivity index (χ3v) is 11.6. The fourth-order valence-corrected chi connectivity index (χ4v) is 8.32. The Bertz CT molecular complexity index is 3600. The van der Waals surface area contributed by atoms with Gasteiger partial charge in [0.1, 0.15) is 11.5 Å². The number of rotatable bonds is 12. The quantitative estimate of drug-likeness (QED) is 0.121. The zero-order valence-corrected chi connectivity index (χ0v) is 36.4. The summed E-state index contributed by atoms with van der Waals surface area (Å²) in [6.45, 7) is -0.362. The van der Waals surface area contributed by atoms with Crippen molar-refractivity contribution in [2.24, 2.45) is 14.1 Å². The summed E-state index contributed by atoms with van der Waals surface area (Å²) in [5.41, 5.74) is 6.90. The van der Waals surface area contributed by atoms with Crippen LogP contribution in [0.2, 0.25) is 0 Å². The number of hydrogen-bond acceptors (Lipinski definition) is 8. The number of aliphatic carboxylic acids is 2. The van der Waals surface area contributed by atoms with Crippen LogP contribution in [0.25, 0.3) is 88.9 Å². The first-order valence-corrected chi connectivity index (χ1v) is 21.5. The first-order chi connectivity index (χ1) is 32.6. The summed E-state index contributed by atoms with van der Waals surface area (Å²) in [5, 5.41) is 24.5. The van der Waals surface area contributed by atoms with Crippen LogP contribution in [-0.4, -0.2) is 54.0 Å². The van der Waals surface area contributed by atoms with Crippen molar-refractivity contribution in [1.82, 2.24) is 19.1 Å². The molecule has 0 aliphatic rings. The van der Waals surface area contributed by atoms with E-state index in [4.69, 9.17) is 23.4 Å². The van der Waals surface area contributed by atoms with E-state index in [1.165, 1.54) is 0 Å². The monoisotopic (exact) mass is 886 g/mol. The van der Waals surface area contributed by atoms with E-state index in [0.29, 0.717) is 34.8 Å². The van der Waals surface area contributed by atoms with Gasteiger partial charge in [-0.1, -0.05) is 103 Å². The predicted molar refractivity (Wildman–Crippen MR) is 258 cm³/mol. The van der Waals surface area contributed by atoms with Gasteiger partial charge in [0, 0.05) is 65.8 Å². The van der Waals surface area contributed by atoms with Crippen LogP contribution in [0, 0.1) is 0 Å². The van der Waals surface area contributed by atoms with E-state index in [2.05, 4.69) is 43.4 Å². The second kappa shape index (κ2) is 17.9. The Morgan fingerprint density at radius 3 is 1.60 bits per heavy atom. The number of hydrogen-bond donors (Lipinski definition) is 2. The summed E-state index contributed by atoms with van der Waals surface area (Å²) < 4.78 is 27.5. The second-order valence-electron chi connectivity index (χ2n) is 16.2. The Kier molecular flexibility index (Phi) is 11.3. The highest BCUT2D eigenvalue weighted by atomic mass is 16.5. The van der Waals surface area contributed by atoms with Crippen LogP contribution in [0.5, 0.6) is 11.5 Å². The van der Waals surface area contributed by atoms with Crippen LogP contribution in [0.3, 0.4) is 0 Å². The second-order valence-corrected chi connectivity index (χ2v) is 16.2. The van der Waals surface area contributed by atoms with Gasteiger partial charge in [0.25, 0.3) is 0 Å². The van der Waals surface area contributed by atoms with E-state index in [9.17, 15) is 14.7 Å². The minimum atomic E-state index is -1.00. The predicted octanol–water partition coefficient (Wildman–Crippen LogP) is 11.8. The number of ether oxygens (including phenoxy) is 2. The van der Waals surface area contributed by atoms with Gasteiger partial charge >= 0.3 is 11.9 Å². The number of carboxylic acid groups (broad SMARTS) is 2. The smallest absolute Gasteiger partial charge is 0.345 e. The maximum atomic E-state index is 11.8. The molecule has 1 unspecified atom stereocenters. The SMILES string of the molecule is Cn1cc(-c2ncc(-c3ccc4cc(OC(Cc5ccccc5)C(=O)O)ccc4c3)o2)c2ccccc21.Cn1cc(-c2ncc(-c3ccc4cc(OCC(=O)O)ccc4c3)o2)c2ccccc21. The molecule has 0 spiro atoms. The lowest BCUT2D eigenvalue weighted by Crippen LogP contribution is -2.29. The lowest BCUT2D eigenvalue weighted by Gasteiger charge is -2.16. The van der Waals surface area contributed by atoms with E-state index in [0.717, 1.165) is 71.2 Å². The molecule has 4 heterocycles. The average molecular weight is 887 g/mol. The minimum Gasteiger partial charge on any atom is -0.482 e. The van der Waals surface area contributed by atoms with Gasteiger partial charge in [-0.25, -0.2) is 19.6 Å². The third kappa shape index (κ3) is 8.83. The van der Waals surface area contributed by atoms with Crippen LogP contribution in [-0.2, 0) is 30.1 Å². The molecule has 67 heavy (non-hydrogen) atoms. The molecule has 0 aliphatic heterocycles. The number of oxazole rings is 2. The minimum absolute atomic E-state index is 0.289. The maximum absolute atomic E-state index is 11.8. The van der Waals surface area contributed by atoms with Crippen LogP contribution in [0.1, 0.15) is 5.56 Å². The molecule has 0 radical (unpaired) electrons. The molecule has 4 aromatic heterocycles. The van der Waals surface area contributed by atoms with Crippen LogP contribution < -0.4 is 9.47 Å². The van der Waals surface area contributed by atoms with E-state index in [1.807, 2.05) is 142 Å². The molecule has 7 aromatic carbocycles. The Morgan fingerprint density at radius 1 is 0.582 bits per heavy atom. The van der Waals surface area contributed by atoms with E-state index < -0.39 is 18.0 Å². The number of para-hydroxylation sites is 2. The molecule has 330 valence electrons. The first kappa shape index (κ1) is 42.1. The molecule has 11 rings (SSSR count). The van der Waals surface area contributed by atoms with Crippen molar-refractivity contribution < 1.29 is 38.1 Å². The number of nitrogens with zero attached hydrogens (tertiary/aromatic N) is 4. The highest BCUT2D eigenvalue weighted by Gasteiger charge is 2.21. The van der Waals surface area contributed by atoms with Crippen molar-refractivity contribution >= 4 is 55.3 Å². The molecule has 12 heteroatoms. The summed E-state index contributed by atoms with van der Waals surface area (Å²) in [7, 11) is 4.02. The highest BCUT2D eigenvalue weighted by molar-refractivity contribution is 5.96. The number of benzene rings is 7. The van der Waals surface area contributed by atoms with E-state index in [-0.39, 0.29) is 13.0 Å². The number of aryl methyl sites for hydroxylation is 2. The number of carbonyl (C=O) groups is 2. The van der Waals surface area contributed by atoms with Gasteiger partial charge in [-0.05, 0) is 75.6 Å². The van der Waals surface area contributed by atoms with Crippen molar-refractivity contribution in [2.75, 3.05) is 6.61 Å². The highest BCUT2D eigenvalue weighted by Crippen LogP contribution is 2.36. The molecule has 2 N–H and O–H groups in total. The summed E-state index contributed by atoms with van der Waals surface area (Å²) >= 11 is 0. The van der Waals surface area contributed by atoms with Crippen molar-refractivity contribution in [1.29, 1.82) is 0 Å². The molecule has 1 atom stereocenters. The Labute approximate surface area is 383 Å². The van der Waals surface area contributed by atoms with Crippen molar-refractivity contribution in [2.45, 2.75) is 12.5 Å². The number of carboxylic acids is 2. The van der Waals surface area contributed by atoms with Crippen LogP contribution in [0.4, 0.5) is 0 Å². The molecule has 12 nitrogen and oxygen atoms in total. The maximum Gasteiger partial charge on any atom is 0.345 e. The summed E-state index contributed by atoms with van der Waals surface area (Å²) in [6, 6.07) is 48.8. The molecular weight excluding hydrogens is 845 g/mol. The topological polar surface area (TPSA) is 155 Å². The largest absolute Gasteiger partial charge is 0.482 e. The van der Waals surface area contributed by atoms with Gasteiger partial charge < -0.3 is 37.7 Å². The summed E-state index contributed by atoms with van der Waals surface area (Å²) in [4.78, 5) is 31.5. The van der Waals surface area contributed by atoms with E-state index >= 15 is 0 Å². The summed E-state index contributed by atoms with van der Waals surface area (Å²) in [5.74, 6) is 1.57. The van der Waals surface area contributed by atoms with Crippen LogP contribution in [0.15, 0.2) is 185 Å². The van der Waals surface area contributed by atoms with Gasteiger partial charge in [-0.15, -0.1) is 0 Å². The lowest BCUT2D eigenvalue weighted by atomic mass is 10.1. The Balaban J connectivity index is 0.000000160. The van der Waals surface area contributed by atoms with Gasteiger partial charge in [-0.3, -0.25) is 0 Å². The molecule has 11 aromatic rings. The van der Waals surface area contributed by atoms with E-state index in [1.54, 1.807) is 24.5 Å². The lowest BCUT2D eigenvalue weighted by molar-refractivity contribution is -0.145. The van der Waals surface area contributed by atoms with Gasteiger partial charge in [-0.2, -0.15) is 0 Å². The number of aromatic nitrogens is 4. The molecule has 0 saturated carbocycles. The molecule has 0 bridgehead atoms. The first-order valence-electron chi connectivity index (χ1n) is 21.5.